The van der Waals surface area contributed by atoms with Crippen molar-refractivity contribution in [3.05, 3.63) is 71.4 Å². The van der Waals surface area contributed by atoms with Gasteiger partial charge >= 0.3 is 11.6 Å². The summed E-state index contributed by atoms with van der Waals surface area (Å²) >= 11 is 0. The van der Waals surface area contributed by atoms with Gasteiger partial charge in [0.1, 0.15) is 5.75 Å². The van der Waals surface area contributed by atoms with E-state index in [1.54, 1.807) is 19.2 Å². The highest BCUT2D eigenvalue weighted by atomic mass is 16.5. The van der Waals surface area contributed by atoms with Crippen LogP contribution in [0.3, 0.4) is 0 Å². The first-order valence-corrected chi connectivity index (χ1v) is 9.99. The van der Waals surface area contributed by atoms with E-state index in [9.17, 15) is 9.59 Å². The first-order valence-electron chi connectivity index (χ1n) is 9.99. The highest BCUT2D eigenvalue weighted by Crippen LogP contribution is 2.27. The van der Waals surface area contributed by atoms with Gasteiger partial charge in [0.2, 0.25) is 0 Å². The molecule has 0 N–H and O–H groups in total. The maximum absolute atomic E-state index is 12.3. The largest absolute Gasteiger partial charge is 0.491 e. The van der Waals surface area contributed by atoms with Crippen molar-refractivity contribution < 1.29 is 18.7 Å². The number of hydrogen-bond donors (Lipinski definition) is 0. The Bertz CT molecular complexity index is 1070. The maximum atomic E-state index is 12.3. The molecule has 3 rings (SSSR count). The van der Waals surface area contributed by atoms with Crippen molar-refractivity contribution in [2.24, 2.45) is 0 Å². The fraction of sp³-hybridized carbons (Fsp3) is 0.292. The Balaban J connectivity index is 1.56. The van der Waals surface area contributed by atoms with Crippen molar-refractivity contribution in [1.82, 2.24) is 4.98 Å². The summed E-state index contributed by atoms with van der Waals surface area (Å²) in [6.45, 7) is 6.11. The number of rotatable bonds is 10. The maximum Gasteiger partial charge on any atom is 0.344 e. The van der Waals surface area contributed by atoms with Crippen molar-refractivity contribution in [3.63, 3.8) is 0 Å². The van der Waals surface area contributed by atoms with Gasteiger partial charge in [-0.1, -0.05) is 36.9 Å². The molecule has 6 nitrogen and oxygen atoms in total. The zero-order valence-corrected chi connectivity index (χ0v) is 17.1. The van der Waals surface area contributed by atoms with Gasteiger partial charge in [-0.25, -0.2) is 9.59 Å². The number of pyridine rings is 1. The van der Waals surface area contributed by atoms with Crippen LogP contribution in [0, 0.1) is 0 Å². The molecule has 156 valence electrons. The van der Waals surface area contributed by atoms with E-state index in [2.05, 4.69) is 11.6 Å². The molecular weight excluding hydrogens is 382 g/mol. The number of unbranched alkanes of at least 4 members (excludes halogenated alkanes) is 3. The van der Waals surface area contributed by atoms with Crippen LogP contribution in [0.2, 0.25) is 0 Å². The Kier molecular flexibility index (Phi) is 7.38. The third-order valence-electron chi connectivity index (χ3n) is 4.59. The van der Waals surface area contributed by atoms with Crippen molar-refractivity contribution in [3.8, 4) is 16.9 Å². The molecule has 30 heavy (non-hydrogen) atoms. The SMILES string of the molecule is C=C(C)C(=O)OCCCCCCOc1cncc2oc(=O)c(-c3ccccc3)cc12. The minimum Gasteiger partial charge on any atom is -0.491 e. The Morgan fingerprint density at radius 1 is 1.07 bits per heavy atom. The Labute approximate surface area is 175 Å². The van der Waals surface area contributed by atoms with Crippen LogP contribution < -0.4 is 10.4 Å². The number of ether oxygens (including phenoxy) is 2. The normalized spacial score (nSPS) is 10.7. The number of fused-ring (bicyclic) bond motifs is 1. The van der Waals surface area contributed by atoms with Crippen molar-refractivity contribution in [1.29, 1.82) is 0 Å². The Hall–Kier alpha value is -3.41. The van der Waals surface area contributed by atoms with E-state index in [4.69, 9.17) is 13.9 Å². The summed E-state index contributed by atoms with van der Waals surface area (Å²) in [7, 11) is 0. The van der Waals surface area contributed by atoms with Gasteiger partial charge in [0.15, 0.2) is 5.58 Å². The lowest BCUT2D eigenvalue weighted by Crippen LogP contribution is -2.06. The van der Waals surface area contributed by atoms with Crippen LogP contribution in [0.5, 0.6) is 5.75 Å². The molecule has 0 atom stereocenters. The number of carbonyl (C=O) groups is 1. The number of nitrogens with zero attached hydrogens (tertiary/aromatic N) is 1. The first kappa shape index (κ1) is 21.3. The lowest BCUT2D eigenvalue weighted by atomic mass is 10.1. The molecule has 6 heteroatoms. The van der Waals surface area contributed by atoms with Crippen LogP contribution in [-0.4, -0.2) is 24.2 Å². The first-order chi connectivity index (χ1) is 14.6. The minimum atomic E-state index is -0.403. The van der Waals surface area contributed by atoms with Crippen molar-refractivity contribution >= 4 is 16.9 Å². The van der Waals surface area contributed by atoms with Crippen molar-refractivity contribution in [2.45, 2.75) is 32.6 Å². The molecule has 0 saturated carbocycles. The van der Waals surface area contributed by atoms with E-state index < -0.39 is 5.63 Å². The molecule has 0 spiro atoms. The average molecular weight is 407 g/mol. The van der Waals surface area contributed by atoms with Crippen LogP contribution in [-0.2, 0) is 9.53 Å². The minimum absolute atomic E-state index is 0.344. The molecule has 0 saturated heterocycles. The average Bonchev–Trinajstić information content (AvgIpc) is 2.75. The predicted octanol–water partition coefficient (Wildman–Crippen LogP) is 4.91. The molecule has 0 radical (unpaired) electrons. The second kappa shape index (κ2) is 10.4. The van der Waals surface area contributed by atoms with Gasteiger partial charge in [0.05, 0.1) is 36.6 Å². The molecule has 3 aromatic rings. The highest BCUT2D eigenvalue weighted by Gasteiger charge is 2.11. The Morgan fingerprint density at radius 3 is 2.53 bits per heavy atom. The number of esters is 1. The monoisotopic (exact) mass is 407 g/mol. The number of benzene rings is 1. The third kappa shape index (κ3) is 5.56. The number of carbonyl (C=O) groups excluding carboxylic acids is 1. The molecule has 0 amide bonds. The zero-order chi connectivity index (χ0) is 21.3. The van der Waals surface area contributed by atoms with Crippen LogP contribution in [0.4, 0.5) is 0 Å². The zero-order valence-electron chi connectivity index (χ0n) is 17.1. The lowest BCUT2D eigenvalue weighted by Gasteiger charge is -2.09. The number of aromatic nitrogens is 1. The topological polar surface area (TPSA) is 78.6 Å². The van der Waals surface area contributed by atoms with Gasteiger partial charge in [-0.2, -0.15) is 0 Å². The fourth-order valence-corrected chi connectivity index (χ4v) is 2.98. The molecular formula is C24H25NO5. The molecule has 0 aliphatic rings. The molecule has 2 aromatic heterocycles. The summed E-state index contributed by atoms with van der Waals surface area (Å²) in [5.41, 5.74) is 1.70. The van der Waals surface area contributed by atoms with Crippen LogP contribution in [0.15, 0.2) is 70.2 Å². The number of hydrogen-bond acceptors (Lipinski definition) is 6. The van der Waals surface area contributed by atoms with Gasteiger partial charge < -0.3 is 13.9 Å². The van der Waals surface area contributed by atoms with E-state index in [1.165, 1.54) is 6.20 Å². The van der Waals surface area contributed by atoms with Gasteiger partial charge in [0, 0.05) is 5.57 Å². The highest BCUT2D eigenvalue weighted by molar-refractivity contribution is 5.87. The summed E-state index contributed by atoms with van der Waals surface area (Å²) in [6, 6.07) is 11.2. The fourth-order valence-electron chi connectivity index (χ4n) is 2.98. The van der Waals surface area contributed by atoms with Crippen LogP contribution >= 0.6 is 0 Å². The van der Waals surface area contributed by atoms with Gasteiger partial charge in [-0.05, 0) is 44.2 Å². The predicted molar refractivity (Wildman–Crippen MR) is 115 cm³/mol. The molecule has 1 aromatic carbocycles. The van der Waals surface area contributed by atoms with Gasteiger partial charge in [-0.15, -0.1) is 0 Å². The standard InChI is InChI=1S/C24H25NO5/c1-17(2)23(26)29-13-9-4-3-8-12-28-21-15-25-16-22-20(21)14-19(24(27)30-22)18-10-6-5-7-11-18/h5-7,10-11,14-16H,1,3-4,8-9,12-13H2,2H3. The van der Waals surface area contributed by atoms with E-state index >= 15 is 0 Å². The van der Waals surface area contributed by atoms with E-state index in [0.717, 1.165) is 36.6 Å². The van der Waals surface area contributed by atoms with Crippen LogP contribution in [0.25, 0.3) is 22.1 Å². The summed E-state index contributed by atoms with van der Waals surface area (Å²) in [6.07, 6.45) is 6.70. The van der Waals surface area contributed by atoms with Gasteiger partial charge in [-0.3, -0.25) is 4.98 Å². The summed E-state index contributed by atoms with van der Waals surface area (Å²) in [4.78, 5) is 27.8. The van der Waals surface area contributed by atoms with Gasteiger partial charge in [0.25, 0.3) is 0 Å². The van der Waals surface area contributed by atoms with E-state index in [-0.39, 0.29) is 5.97 Å². The molecule has 0 bridgehead atoms. The van der Waals surface area contributed by atoms with Crippen molar-refractivity contribution in [2.75, 3.05) is 13.2 Å². The van der Waals surface area contributed by atoms with E-state index in [0.29, 0.717) is 35.7 Å². The lowest BCUT2D eigenvalue weighted by molar-refractivity contribution is -0.139. The third-order valence-corrected chi connectivity index (χ3v) is 4.59. The molecule has 0 aliphatic carbocycles. The summed E-state index contributed by atoms with van der Waals surface area (Å²) in [5, 5.41) is 0.718. The molecule has 0 unspecified atom stereocenters. The summed E-state index contributed by atoms with van der Waals surface area (Å²) < 4.78 is 16.4. The quantitative estimate of drug-likeness (QED) is 0.270. The van der Waals surface area contributed by atoms with E-state index in [1.807, 2.05) is 30.3 Å². The molecule has 0 aliphatic heterocycles. The second-order valence-corrected chi connectivity index (χ2v) is 7.04. The van der Waals surface area contributed by atoms with Crippen LogP contribution in [0.1, 0.15) is 32.6 Å². The second-order valence-electron chi connectivity index (χ2n) is 7.04. The Morgan fingerprint density at radius 2 is 1.80 bits per heavy atom. The summed E-state index contributed by atoms with van der Waals surface area (Å²) in [5.74, 6) is 0.243. The smallest absolute Gasteiger partial charge is 0.344 e. The molecule has 2 heterocycles. The molecule has 0 fully saturated rings.